The Labute approximate surface area is 150 Å². The molecule has 0 spiro atoms. The lowest BCUT2D eigenvalue weighted by molar-refractivity contribution is 0.988. The number of nitrogens with zero attached hydrogens (tertiary/aromatic N) is 3. The summed E-state index contributed by atoms with van der Waals surface area (Å²) >= 11 is 3.25. The van der Waals surface area contributed by atoms with Gasteiger partial charge >= 0.3 is 0 Å². The number of rotatable bonds is 4. The summed E-state index contributed by atoms with van der Waals surface area (Å²) in [7, 11) is 0. The van der Waals surface area contributed by atoms with Crippen LogP contribution in [0.25, 0.3) is 10.2 Å². The van der Waals surface area contributed by atoms with Crippen LogP contribution in [-0.2, 0) is 6.42 Å². The van der Waals surface area contributed by atoms with Gasteiger partial charge in [0, 0.05) is 10.3 Å². The van der Waals surface area contributed by atoms with E-state index in [-0.39, 0.29) is 5.25 Å². The summed E-state index contributed by atoms with van der Waals surface area (Å²) in [6.45, 7) is 8.20. The van der Waals surface area contributed by atoms with Gasteiger partial charge in [0.2, 0.25) is 0 Å². The summed E-state index contributed by atoms with van der Waals surface area (Å²) in [6.07, 6.45) is 0.716. The summed E-state index contributed by atoms with van der Waals surface area (Å²) in [4.78, 5) is 11.5. The number of thiophene rings is 1. The van der Waals surface area contributed by atoms with Crippen LogP contribution in [0.2, 0.25) is 0 Å². The third-order valence-corrected chi connectivity index (χ3v) is 6.22. The normalized spacial score (nSPS) is 12.3. The van der Waals surface area contributed by atoms with Crippen LogP contribution in [0.3, 0.4) is 0 Å². The second-order valence-electron chi connectivity index (χ2n) is 5.96. The maximum Gasteiger partial charge on any atom is 0.128 e. The number of benzene rings is 1. The first-order valence-electron chi connectivity index (χ1n) is 7.84. The van der Waals surface area contributed by atoms with Crippen molar-refractivity contribution in [3.8, 4) is 6.07 Å². The van der Waals surface area contributed by atoms with Crippen molar-refractivity contribution in [2.24, 2.45) is 0 Å². The summed E-state index contributed by atoms with van der Waals surface area (Å²) in [5.74, 6) is 0.762. The molecule has 3 aromatic rings. The molecule has 2 heterocycles. The Morgan fingerprint density at radius 2 is 1.83 bits per heavy atom. The molecule has 0 fully saturated rings. The Bertz CT molecular complexity index is 920. The molecule has 5 heteroatoms. The third kappa shape index (κ3) is 3.45. The Kier molecular flexibility index (Phi) is 4.88. The summed E-state index contributed by atoms with van der Waals surface area (Å²) in [5.41, 5.74) is 3.64. The van der Waals surface area contributed by atoms with Gasteiger partial charge in [-0.3, -0.25) is 0 Å². The first kappa shape index (κ1) is 16.9. The van der Waals surface area contributed by atoms with E-state index in [4.69, 9.17) is 0 Å². The van der Waals surface area contributed by atoms with E-state index in [1.807, 2.05) is 6.92 Å². The molecule has 0 aliphatic heterocycles. The number of nitriles is 1. The van der Waals surface area contributed by atoms with Gasteiger partial charge in [-0.2, -0.15) is 5.26 Å². The number of thioether (sulfide) groups is 1. The first-order valence-corrected chi connectivity index (χ1v) is 9.53. The Hall–Kier alpha value is -1.90. The molecule has 24 heavy (non-hydrogen) atoms. The minimum absolute atomic E-state index is 0.162. The van der Waals surface area contributed by atoms with Crippen LogP contribution >= 0.6 is 23.1 Å². The van der Waals surface area contributed by atoms with Crippen molar-refractivity contribution in [2.45, 2.75) is 44.4 Å². The van der Waals surface area contributed by atoms with E-state index >= 15 is 0 Å². The molecule has 0 aliphatic carbocycles. The van der Waals surface area contributed by atoms with E-state index < -0.39 is 0 Å². The van der Waals surface area contributed by atoms with Crippen LogP contribution in [0, 0.1) is 39.0 Å². The van der Waals surface area contributed by atoms with E-state index in [0.717, 1.165) is 21.1 Å². The molecular formula is C19H19N3S2. The molecule has 0 N–H and O–H groups in total. The molecule has 0 aliphatic rings. The lowest BCUT2D eigenvalue weighted by Gasteiger charge is -2.10. The molecular weight excluding hydrogens is 334 g/mol. The zero-order valence-electron chi connectivity index (χ0n) is 14.3. The predicted octanol–water partition coefficient (Wildman–Crippen LogP) is 5.15. The molecule has 3 rings (SSSR count). The SMILES string of the molecule is Cc1ccc(C[C@@H](C#N)Sc2nc(C)nc3sc(C)c(C)c23)cc1. The van der Waals surface area contributed by atoms with E-state index in [2.05, 4.69) is 61.1 Å². The number of fused-ring (bicyclic) bond motifs is 1. The quantitative estimate of drug-likeness (QED) is 0.480. The smallest absolute Gasteiger partial charge is 0.128 e. The van der Waals surface area contributed by atoms with Gasteiger partial charge in [-0.05, 0) is 45.2 Å². The summed E-state index contributed by atoms with van der Waals surface area (Å²) < 4.78 is 0. The maximum absolute atomic E-state index is 9.61. The first-order chi connectivity index (χ1) is 11.5. The minimum atomic E-state index is -0.162. The molecule has 3 nitrogen and oxygen atoms in total. The van der Waals surface area contributed by atoms with Crippen LogP contribution in [0.15, 0.2) is 29.3 Å². The largest absolute Gasteiger partial charge is 0.226 e. The van der Waals surface area contributed by atoms with Gasteiger partial charge in [0.25, 0.3) is 0 Å². The second kappa shape index (κ2) is 6.92. The number of hydrogen-bond donors (Lipinski definition) is 0. The fraction of sp³-hybridized carbons (Fsp3) is 0.316. The summed E-state index contributed by atoms with van der Waals surface area (Å²) in [6, 6.07) is 10.8. The minimum Gasteiger partial charge on any atom is -0.226 e. The Morgan fingerprint density at radius 3 is 2.50 bits per heavy atom. The van der Waals surface area contributed by atoms with Gasteiger partial charge in [0.1, 0.15) is 20.9 Å². The zero-order chi connectivity index (χ0) is 17.3. The molecule has 0 saturated heterocycles. The van der Waals surface area contributed by atoms with E-state index in [0.29, 0.717) is 6.42 Å². The van der Waals surface area contributed by atoms with Crippen molar-refractivity contribution < 1.29 is 0 Å². The van der Waals surface area contributed by atoms with Crippen LogP contribution in [-0.4, -0.2) is 15.2 Å². The van der Waals surface area contributed by atoms with Gasteiger partial charge in [0.05, 0.1) is 6.07 Å². The second-order valence-corrected chi connectivity index (χ2v) is 8.36. The lowest BCUT2D eigenvalue weighted by atomic mass is 10.1. The monoisotopic (exact) mass is 353 g/mol. The highest BCUT2D eigenvalue weighted by atomic mass is 32.2. The number of aromatic nitrogens is 2. The molecule has 2 aromatic heterocycles. The standard InChI is InChI=1S/C19H19N3S2/c1-11-5-7-15(8-6-11)9-16(10-20)24-19-17-12(2)13(3)23-18(17)21-14(4)22-19/h5-8,16H,9H2,1-4H3/t16-/m0/s1. The highest BCUT2D eigenvalue weighted by molar-refractivity contribution is 8.00. The van der Waals surface area contributed by atoms with Gasteiger partial charge in [0.15, 0.2) is 0 Å². The molecule has 0 amide bonds. The van der Waals surface area contributed by atoms with Crippen molar-refractivity contribution >= 4 is 33.3 Å². The average molecular weight is 354 g/mol. The van der Waals surface area contributed by atoms with Gasteiger partial charge in [-0.25, -0.2) is 9.97 Å². The molecule has 0 saturated carbocycles. The predicted molar refractivity (Wildman–Crippen MR) is 102 cm³/mol. The molecule has 0 radical (unpaired) electrons. The number of aryl methyl sites for hydroxylation is 4. The molecule has 1 atom stereocenters. The van der Waals surface area contributed by atoms with Crippen LogP contribution in [0.5, 0.6) is 0 Å². The fourth-order valence-corrected chi connectivity index (χ4v) is 4.88. The van der Waals surface area contributed by atoms with E-state index in [9.17, 15) is 5.26 Å². The Balaban J connectivity index is 1.92. The molecule has 0 bridgehead atoms. The maximum atomic E-state index is 9.61. The molecule has 0 unspecified atom stereocenters. The summed E-state index contributed by atoms with van der Waals surface area (Å²) in [5, 5.41) is 11.5. The van der Waals surface area contributed by atoms with Crippen molar-refractivity contribution in [1.29, 1.82) is 5.26 Å². The highest BCUT2D eigenvalue weighted by Gasteiger charge is 2.18. The van der Waals surface area contributed by atoms with Gasteiger partial charge in [-0.15, -0.1) is 11.3 Å². The van der Waals surface area contributed by atoms with Crippen LogP contribution in [0.1, 0.15) is 27.4 Å². The topological polar surface area (TPSA) is 49.6 Å². The molecule has 122 valence electrons. The van der Waals surface area contributed by atoms with Crippen molar-refractivity contribution in [3.05, 3.63) is 51.7 Å². The van der Waals surface area contributed by atoms with Crippen LogP contribution in [0.4, 0.5) is 0 Å². The van der Waals surface area contributed by atoms with Gasteiger partial charge in [-0.1, -0.05) is 41.6 Å². The fourth-order valence-electron chi connectivity index (χ4n) is 2.59. The Morgan fingerprint density at radius 1 is 1.12 bits per heavy atom. The van der Waals surface area contributed by atoms with Crippen LogP contribution < -0.4 is 0 Å². The number of hydrogen-bond acceptors (Lipinski definition) is 5. The molecule has 1 aromatic carbocycles. The van der Waals surface area contributed by atoms with Crippen molar-refractivity contribution in [3.63, 3.8) is 0 Å². The lowest BCUT2D eigenvalue weighted by Crippen LogP contribution is -2.05. The van der Waals surface area contributed by atoms with Crippen molar-refractivity contribution in [1.82, 2.24) is 9.97 Å². The van der Waals surface area contributed by atoms with Gasteiger partial charge < -0.3 is 0 Å². The average Bonchev–Trinajstić information content (AvgIpc) is 2.83. The highest BCUT2D eigenvalue weighted by Crippen LogP contribution is 2.37. The van der Waals surface area contributed by atoms with E-state index in [1.165, 1.54) is 21.6 Å². The van der Waals surface area contributed by atoms with E-state index in [1.54, 1.807) is 23.1 Å². The third-order valence-electron chi connectivity index (χ3n) is 4.05. The zero-order valence-corrected chi connectivity index (χ0v) is 15.9. The van der Waals surface area contributed by atoms with Crippen molar-refractivity contribution in [2.75, 3.05) is 0 Å².